The zero-order valence-electron chi connectivity index (χ0n) is 9.41. The first-order valence-corrected chi connectivity index (χ1v) is 6.76. The molecule has 0 aromatic heterocycles. The van der Waals surface area contributed by atoms with E-state index >= 15 is 0 Å². The van der Waals surface area contributed by atoms with Crippen molar-refractivity contribution in [1.82, 2.24) is 0 Å². The second kappa shape index (κ2) is 6.74. The molecular formula is C12H16Br2O2. The number of aliphatic hydroxyl groups is 1. The molecule has 2 atom stereocenters. The predicted octanol–water partition coefficient (Wildman–Crippen LogP) is 3.92. The van der Waals surface area contributed by atoms with Crippen molar-refractivity contribution in [3.05, 3.63) is 32.7 Å². The van der Waals surface area contributed by atoms with Crippen LogP contribution in [0.3, 0.4) is 0 Å². The van der Waals surface area contributed by atoms with E-state index < -0.39 is 6.10 Å². The number of hydrogen-bond donors (Lipinski definition) is 1. The molecule has 0 aliphatic rings. The molecule has 0 saturated heterocycles. The molecule has 1 rings (SSSR count). The van der Waals surface area contributed by atoms with E-state index in [2.05, 4.69) is 31.9 Å². The van der Waals surface area contributed by atoms with Gasteiger partial charge in [0.15, 0.2) is 0 Å². The first-order valence-electron chi connectivity index (χ1n) is 5.18. The highest BCUT2D eigenvalue weighted by atomic mass is 79.9. The van der Waals surface area contributed by atoms with Crippen LogP contribution in [-0.4, -0.2) is 18.8 Å². The molecule has 1 aromatic carbocycles. The summed E-state index contributed by atoms with van der Waals surface area (Å²) in [4.78, 5) is 0. The molecule has 1 N–H and O–H groups in total. The summed E-state index contributed by atoms with van der Waals surface area (Å²) in [6.07, 6.45) is 0.374. The van der Waals surface area contributed by atoms with Crippen LogP contribution >= 0.6 is 31.9 Å². The van der Waals surface area contributed by atoms with Gasteiger partial charge in [0.25, 0.3) is 0 Å². The first kappa shape index (κ1) is 14.2. The Balaban J connectivity index is 2.78. The van der Waals surface area contributed by atoms with Gasteiger partial charge in [-0.2, -0.15) is 0 Å². The van der Waals surface area contributed by atoms with Crippen LogP contribution in [0.5, 0.6) is 0 Å². The SMILES string of the molecule is COCCC(C)C(O)c1cc(Br)ccc1Br. The van der Waals surface area contributed by atoms with Crippen LogP contribution in [0, 0.1) is 5.92 Å². The van der Waals surface area contributed by atoms with E-state index in [1.54, 1.807) is 7.11 Å². The van der Waals surface area contributed by atoms with Gasteiger partial charge in [-0.05, 0) is 36.1 Å². The van der Waals surface area contributed by atoms with Crippen LogP contribution in [0.2, 0.25) is 0 Å². The predicted molar refractivity (Wildman–Crippen MR) is 72.5 cm³/mol. The number of benzene rings is 1. The highest BCUT2D eigenvalue weighted by Gasteiger charge is 2.18. The van der Waals surface area contributed by atoms with Gasteiger partial charge in [0.2, 0.25) is 0 Å². The maximum atomic E-state index is 10.2. The van der Waals surface area contributed by atoms with E-state index in [0.717, 1.165) is 20.9 Å². The lowest BCUT2D eigenvalue weighted by molar-refractivity contribution is 0.0881. The van der Waals surface area contributed by atoms with Crippen LogP contribution in [0.1, 0.15) is 25.0 Å². The minimum Gasteiger partial charge on any atom is -0.388 e. The summed E-state index contributed by atoms with van der Waals surface area (Å²) in [6, 6.07) is 5.82. The number of halogens is 2. The number of aliphatic hydroxyl groups excluding tert-OH is 1. The molecule has 16 heavy (non-hydrogen) atoms. The standard InChI is InChI=1S/C12H16Br2O2/c1-8(5-6-16-2)12(15)10-7-9(13)3-4-11(10)14/h3-4,7-8,12,15H,5-6H2,1-2H3. The zero-order chi connectivity index (χ0) is 12.1. The van der Waals surface area contributed by atoms with Gasteiger partial charge in [-0.1, -0.05) is 38.8 Å². The summed E-state index contributed by atoms with van der Waals surface area (Å²) < 4.78 is 6.93. The highest BCUT2D eigenvalue weighted by molar-refractivity contribution is 9.11. The van der Waals surface area contributed by atoms with Gasteiger partial charge in [0.05, 0.1) is 6.10 Å². The lowest BCUT2D eigenvalue weighted by Gasteiger charge is -2.20. The molecule has 0 saturated carbocycles. The van der Waals surface area contributed by atoms with Gasteiger partial charge in [0, 0.05) is 22.7 Å². The lowest BCUT2D eigenvalue weighted by atomic mass is 9.95. The fourth-order valence-corrected chi connectivity index (χ4v) is 2.37. The van der Waals surface area contributed by atoms with Crippen molar-refractivity contribution in [3.8, 4) is 0 Å². The lowest BCUT2D eigenvalue weighted by Crippen LogP contribution is -2.12. The Morgan fingerprint density at radius 2 is 2.06 bits per heavy atom. The van der Waals surface area contributed by atoms with Gasteiger partial charge in [-0.25, -0.2) is 0 Å². The van der Waals surface area contributed by atoms with Crippen molar-refractivity contribution < 1.29 is 9.84 Å². The minimum atomic E-state index is -0.470. The van der Waals surface area contributed by atoms with Crippen molar-refractivity contribution in [3.63, 3.8) is 0 Å². The fourth-order valence-electron chi connectivity index (χ4n) is 1.51. The third kappa shape index (κ3) is 3.84. The molecule has 2 unspecified atom stereocenters. The van der Waals surface area contributed by atoms with Crippen LogP contribution in [0.15, 0.2) is 27.1 Å². The number of hydrogen-bond acceptors (Lipinski definition) is 2. The van der Waals surface area contributed by atoms with E-state index in [-0.39, 0.29) is 5.92 Å². The van der Waals surface area contributed by atoms with Crippen molar-refractivity contribution in [2.75, 3.05) is 13.7 Å². The summed E-state index contributed by atoms with van der Waals surface area (Å²) in [6.45, 7) is 2.70. The summed E-state index contributed by atoms with van der Waals surface area (Å²) in [7, 11) is 1.67. The monoisotopic (exact) mass is 350 g/mol. The van der Waals surface area contributed by atoms with Crippen LogP contribution in [0.25, 0.3) is 0 Å². The molecule has 0 heterocycles. The fraction of sp³-hybridized carbons (Fsp3) is 0.500. The molecule has 0 spiro atoms. The molecule has 0 aliphatic heterocycles. The third-order valence-electron chi connectivity index (χ3n) is 2.59. The smallest absolute Gasteiger partial charge is 0.0827 e. The van der Waals surface area contributed by atoms with Crippen LogP contribution in [-0.2, 0) is 4.74 Å². The highest BCUT2D eigenvalue weighted by Crippen LogP contribution is 2.32. The van der Waals surface area contributed by atoms with E-state index in [9.17, 15) is 5.11 Å². The summed E-state index contributed by atoms with van der Waals surface area (Å²) in [5.74, 6) is 0.172. The van der Waals surface area contributed by atoms with E-state index in [0.29, 0.717) is 6.61 Å². The van der Waals surface area contributed by atoms with E-state index in [1.165, 1.54) is 0 Å². The van der Waals surface area contributed by atoms with Crippen molar-refractivity contribution in [2.45, 2.75) is 19.4 Å². The first-order chi connectivity index (χ1) is 7.56. The molecule has 0 fully saturated rings. The van der Waals surface area contributed by atoms with E-state index in [4.69, 9.17) is 4.74 Å². The largest absolute Gasteiger partial charge is 0.388 e. The van der Waals surface area contributed by atoms with Gasteiger partial charge in [0.1, 0.15) is 0 Å². The topological polar surface area (TPSA) is 29.5 Å². The molecule has 2 nitrogen and oxygen atoms in total. The Morgan fingerprint density at radius 1 is 1.38 bits per heavy atom. The van der Waals surface area contributed by atoms with Gasteiger partial charge < -0.3 is 9.84 Å². The average Bonchev–Trinajstić information content (AvgIpc) is 2.28. The molecule has 0 aliphatic carbocycles. The van der Waals surface area contributed by atoms with Crippen LogP contribution < -0.4 is 0 Å². The minimum absolute atomic E-state index is 0.172. The summed E-state index contributed by atoms with van der Waals surface area (Å²) >= 11 is 6.87. The summed E-state index contributed by atoms with van der Waals surface area (Å²) in [5.41, 5.74) is 0.915. The number of ether oxygens (including phenoxy) is 1. The Kier molecular flexibility index (Phi) is 5.97. The number of methoxy groups -OCH3 is 1. The molecular weight excluding hydrogens is 336 g/mol. The van der Waals surface area contributed by atoms with E-state index in [1.807, 2.05) is 25.1 Å². The molecule has 4 heteroatoms. The quantitative estimate of drug-likeness (QED) is 0.871. The molecule has 0 amide bonds. The Hall–Kier alpha value is 0.1000. The Labute approximate surface area is 113 Å². The Bertz CT molecular complexity index is 342. The number of rotatable bonds is 5. The molecule has 0 radical (unpaired) electrons. The zero-order valence-corrected chi connectivity index (χ0v) is 12.6. The van der Waals surface area contributed by atoms with Gasteiger partial charge in [-0.15, -0.1) is 0 Å². The molecule has 1 aromatic rings. The van der Waals surface area contributed by atoms with Crippen LogP contribution in [0.4, 0.5) is 0 Å². The molecule has 90 valence electrons. The summed E-state index contributed by atoms with van der Waals surface area (Å²) in [5, 5.41) is 10.2. The Morgan fingerprint density at radius 3 is 2.69 bits per heavy atom. The maximum absolute atomic E-state index is 10.2. The average molecular weight is 352 g/mol. The second-order valence-electron chi connectivity index (χ2n) is 3.87. The van der Waals surface area contributed by atoms with Gasteiger partial charge >= 0.3 is 0 Å². The molecule has 0 bridgehead atoms. The van der Waals surface area contributed by atoms with Crippen molar-refractivity contribution in [2.24, 2.45) is 5.92 Å². The van der Waals surface area contributed by atoms with Gasteiger partial charge in [-0.3, -0.25) is 0 Å². The third-order valence-corrected chi connectivity index (χ3v) is 3.81. The van der Waals surface area contributed by atoms with Crippen molar-refractivity contribution in [1.29, 1.82) is 0 Å². The normalized spacial score (nSPS) is 14.8. The second-order valence-corrected chi connectivity index (χ2v) is 5.64. The van der Waals surface area contributed by atoms with Crippen molar-refractivity contribution >= 4 is 31.9 Å². The maximum Gasteiger partial charge on any atom is 0.0827 e.